The van der Waals surface area contributed by atoms with Gasteiger partial charge in [0.25, 0.3) is 0 Å². The minimum absolute atomic E-state index is 0.921. The van der Waals surface area contributed by atoms with Crippen molar-refractivity contribution >= 4 is 45.3 Å². The molecule has 0 saturated heterocycles. The van der Waals surface area contributed by atoms with Gasteiger partial charge in [0.05, 0.1) is 10.7 Å². The Morgan fingerprint density at radius 1 is 1.26 bits per heavy atom. The van der Waals surface area contributed by atoms with Crippen molar-refractivity contribution in [2.45, 2.75) is 18.2 Å². The van der Waals surface area contributed by atoms with Crippen LogP contribution in [0.15, 0.2) is 52.4 Å². The molecular formula is C16H15NS2. The number of benzene rings is 2. The zero-order valence-corrected chi connectivity index (χ0v) is 12.6. The van der Waals surface area contributed by atoms with Crippen LogP contribution in [0.4, 0.5) is 5.69 Å². The number of nitrogens with zero attached hydrogens (tertiary/aromatic N) is 1. The lowest BCUT2D eigenvalue weighted by Gasteiger charge is -2.15. The van der Waals surface area contributed by atoms with Crippen LogP contribution < -0.4 is 4.90 Å². The molecule has 2 aromatic rings. The van der Waals surface area contributed by atoms with E-state index in [0.717, 1.165) is 11.3 Å². The Balaban J connectivity index is 2.13. The Morgan fingerprint density at radius 2 is 2.05 bits per heavy atom. The fraction of sp³-hybridized carbons (Fsp3) is 0.188. The Bertz CT molecular complexity index is 688. The van der Waals surface area contributed by atoms with E-state index in [-0.39, 0.29) is 0 Å². The van der Waals surface area contributed by atoms with Gasteiger partial charge in [0, 0.05) is 22.2 Å². The van der Waals surface area contributed by atoms with Gasteiger partial charge in [-0.15, -0.1) is 0 Å². The van der Waals surface area contributed by atoms with Gasteiger partial charge in [-0.2, -0.15) is 0 Å². The van der Waals surface area contributed by atoms with E-state index in [4.69, 9.17) is 12.2 Å². The summed E-state index contributed by atoms with van der Waals surface area (Å²) in [5.74, 6) is 0. The number of anilines is 1. The Kier molecular flexibility index (Phi) is 3.33. The molecule has 0 aliphatic carbocycles. The number of thiocarbonyl (C=S) groups is 1. The van der Waals surface area contributed by atoms with Gasteiger partial charge in [-0.25, -0.2) is 0 Å². The lowest BCUT2D eigenvalue weighted by atomic mass is 10.1. The van der Waals surface area contributed by atoms with E-state index in [9.17, 15) is 0 Å². The molecule has 3 heteroatoms. The van der Waals surface area contributed by atoms with Crippen molar-refractivity contribution in [1.82, 2.24) is 0 Å². The number of hydrogen-bond acceptors (Lipinski definition) is 3. The molecule has 1 aliphatic heterocycles. The van der Waals surface area contributed by atoms with Gasteiger partial charge in [-0.1, -0.05) is 61.2 Å². The van der Waals surface area contributed by atoms with Crippen LogP contribution in [0.1, 0.15) is 13.3 Å². The molecule has 0 unspecified atom stereocenters. The predicted octanol–water partition coefficient (Wildman–Crippen LogP) is 5.00. The van der Waals surface area contributed by atoms with Crippen molar-refractivity contribution in [3.8, 4) is 0 Å². The first-order chi connectivity index (χ1) is 9.20. The molecule has 0 aromatic heterocycles. The molecule has 0 radical (unpaired) electrons. The number of thioether (sulfide) groups is 1. The quantitative estimate of drug-likeness (QED) is 0.564. The maximum Gasteiger partial charge on any atom is 0.0810 e. The summed E-state index contributed by atoms with van der Waals surface area (Å²) in [4.78, 5) is 4.57. The van der Waals surface area contributed by atoms with Gasteiger partial charge < -0.3 is 4.90 Å². The second kappa shape index (κ2) is 4.99. The standard InChI is InChI=1S/C16H15NS2/c1-3-12(18)10-15-17(2)16-13-7-5-4-6-11(13)8-9-14(16)19-15/h4-10H,3H2,1-2H3/b15-10-. The normalized spacial score (nSPS) is 16.1. The molecule has 0 amide bonds. The van der Waals surface area contributed by atoms with Crippen LogP contribution in [-0.2, 0) is 0 Å². The van der Waals surface area contributed by atoms with Crippen LogP contribution in [0.2, 0.25) is 0 Å². The predicted molar refractivity (Wildman–Crippen MR) is 89.2 cm³/mol. The summed E-state index contributed by atoms with van der Waals surface area (Å²) in [6, 6.07) is 12.9. The van der Waals surface area contributed by atoms with E-state index in [1.807, 2.05) is 0 Å². The van der Waals surface area contributed by atoms with Crippen molar-refractivity contribution in [3.63, 3.8) is 0 Å². The Morgan fingerprint density at radius 3 is 2.84 bits per heavy atom. The lowest BCUT2D eigenvalue weighted by molar-refractivity contribution is 1.19. The number of allylic oxidation sites excluding steroid dienone is 1. The first-order valence-corrected chi connectivity index (χ1v) is 7.61. The monoisotopic (exact) mass is 285 g/mol. The van der Waals surface area contributed by atoms with E-state index < -0.39 is 0 Å². The summed E-state index contributed by atoms with van der Waals surface area (Å²) in [5, 5.41) is 3.81. The average molecular weight is 285 g/mol. The molecule has 3 rings (SSSR count). The highest BCUT2D eigenvalue weighted by Crippen LogP contribution is 2.48. The topological polar surface area (TPSA) is 3.24 Å². The third-order valence-corrected chi connectivity index (χ3v) is 4.93. The summed E-state index contributed by atoms with van der Waals surface area (Å²) >= 11 is 7.14. The second-order valence-corrected chi connectivity index (χ2v) is 6.18. The second-order valence-electron chi connectivity index (χ2n) is 4.60. The molecule has 0 fully saturated rings. The van der Waals surface area contributed by atoms with Crippen LogP contribution in [-0.4, -0.2) is 11.9 Å². The third kappa shape index (κ3) is 2.17. The molecule has 96 valence electrons. The van der Waals surface area contributed by atoms with Crippen LogP contribution in [0.25, 0.3) is 10.8 Å². The number of fused-ring (bicyclic) bond motifs is 3. The summed E-state index contributed by atoms with van der Waals surface area (Å²) < 4.78 is 0. The van der Waals surface area contributed by atoms with E-state index in [0.29, 0.717) is 0 Å². The zero-order chi connectivity index (χ0) is 13.4. The maximum atomic E-state index is 5.34. The van der Waals surface area contributed by atoms with E-state index >= 15 is 0 Å². The van der Waals surface area contributed by atoms with Crippen molar-refractivity contribution in [3.05, 3.63) is 47.5 Å². The summed E-state index contributed by atoms with van der Waals surface area (Å²) in [7, 11) is 2.12. The molecular weight excluding hydrogens is 270 g/mol. The minimum atomic E-state index is 0.921. The van der Waals surface area contributed by atoms with E-state index in [2.05, 4.69) is 61.3 Å². The zero-order valence-electron chi connectivity index (χ0n) is 11.0. The third-order valence-electron chi connectivity index (χ3n) is 3.38. The molecule has 1 nitrogen and oxygen atoms in total. The summed E-state index contributed by atoms with van der Waals surface area (Å²) in [5.41, 5.74) is 1.30. The van der Waals surface area contributed by atoms with E-state index in [1.54, 1.807) is 11.8 Å². The average Bonchev–Trinajstić information content (AvgIpc) is 2.76. The highest BCUT2D eigenvalue weighted by molar-refractivity contribution is 8.03. The molecule has 2 aromatic carbocycles. The molecule has 0 atom stereocenters. The van der Waals surface area contributed by atoms with Crippen LogP contribution in [0, 0.1) is 0 Å². The minimum Gasteiger partial charge on any atom is -0.338 e. The van der Waals surface area contributed by atoms with Crippen LogP contribution in [0.3, 0.4) is 0 Å². The van der Waals surface area contributed by atoms with Crippen molar-refractivity contribution in [2.24, 2.45) is 0 Å². The lowest BCUT2D eigenvalue weighted by Crippen LogP contribution is -2.11. The molecule has 0 bridgehead atoms. The van der Waals surface area contributed by atoms with Crippen LogP contribution in [0.5, 0.6) is 0 Å². The summed E-state index contributed by atoms with van der Waals surface area (Å²) in [6.07, 6.45) is 3.04. The number of rotatable bonds is 2. The summed E-state index contributed by atoms with van der Waals surface area (Å²) in [6.45, 7) is 2.10. The molecule has 1 aliphatic rings. The first kappa shape index (κ1) is 12.7. The highest BCUT2D eigenvalue weighted by atomic mass is 32.2. The van der Waals surface area contributed by atoms with Gasteiger partial charge in [-0.3, -0.25) is 0 Å². The maximum absolute atomic E-state index is 5.34. The van der Waals surface area contributed by atoms with Gasteiger partial charge in [0.15, 0.2) is 0 Å². The van der Waals surface area contributed by atoms with Gasteiger partial charge in [0.1, 0.15) is 0 Å². The number of hydrogen-bond donors (Lipinski definition) is 0. The van der Waals surface area contributed by atoms with Gasteiger partial charge >= 0.3 is 0 Å². The molecule has 19 heavy (non-hydrogen) atoms. The van der Waals surface area contributed by atoms with E-state index in [1.165, 1.54) is 26.4 Å². The largest absolute Gasteiger partial charge is 0.338 e. The first-order valence-electron chi connectivity index (χ1n) is 6.38. The molecule has 0 spiro atoms. The Labute approximate surface area is 123 Å². The fourth-order valence-electron chi connectivity index (χ4n) is 2.32. The molecule has 1 heterocycles. The Hall–Kier alpha value is -1.32. The molecule has 0 saturated carbocycles. The van der Waals surface area contributed by atoms with Crippen LogP contribution >= 0.6 is 24.0 Å². The van der Waals surface area contributed by atoms with Gasteiger partial charge in [-0.05, 0) is 23.9 Å². The molecule has 0 N–H and O–H groups in total. The fourth-order valence-corrected chi connectivity index (χ4v) is 3.64. The van der Waals surface area contributed by atoms with Crippen molar-refractivity contribution in [1.29, 1.82) is 0 Å². The van der Waals surface area contributed by atoms with Gasteiger partial charge in [0.2, 0.25) is 0 Å². The smallest absolute Gasteiger partial charge is 0.0810 e. The van der Waals surface area contributed by atoms with Crippen molar-refractivity contribution < 1.29 is 0 Å². The highest BCUT2D eigenvalue weighted by Gasteiger charge is 2.24. The SMILES string of the molecule is CCC(=S)/C=C1\Sc2ccc3ccccc3c2N1C. The van der Waals surface area contributed by atoms with Crippen molar-refractivity contribution in [2.75, 3.05) is 11.9 Å².